The molecule has 0 spiro atoms. The zero-order valence-electron chi connectivity index (χ0n) is 69.4. The van der Waals surface area contributed by atoms with Crippen LogP contribution in [0.4, 0.5) is 69.3 Å². The zero-order valence-corrected chi connectivity index (χ0v) is 69.4. The number of phenols is 4. The Morgan fingerprint density at radius 1 is 0.344 bits per heavy atom. The van der Waals surface area contributed by atoms with Gasteiger partial charge in [0.2, 0.25) is 12.7 Å². The van der Waals surface area contributed by atoms with Gasteiger partial charge in [0.15, 0.2) is 0 Å². The molecule has 0 amide bonds. The summed E-state index contributed by atoms with van der Waals surface area (Å²) in [6.07, 6.45) is 24.5. The maximum Gasteiger partial charge on any atom is 0.422 e. The number of rotatable bonds is 24. The van der Waals surface area contributed by atoms with Gasteiger partial charge in [0.1, 0.15) is 115 Å². The molecule has 6 aromatic heterocycles. The van der Waals surface area contributed by atoms with Crippen molar-refractivity contribution in [1.29, 1.82) is 0 Å². The van der Waals surface area contributed by atoms with Crippen molar-refractivity contribution in [3.63, 3.8) is 0 Å². The van der Waals surface area contributed by atoms with Gasteiger partial charge in [-0.1, -0.05) is 118 Å². The van der Waals surface area contributed by atoms with E-state index >= 15 is 0 Å². The molecular weight excluding hydrogens is 1530 g/mol. The van der Waals surface area contributed by atoms with E-state index in [1.807, 2.05) is 110 Å². The second-order valence-corrected chi connectivity index (χ2v) is 32.6. The van der Waals surface area contributed by atoms with E-state index in [0.717, 1.165) is 244 Å². The number of nitrogens with zero attached hydrogens (tertiary/aromatic N) is 22. The summed E-state index contributed by atoms with van der Waals surface area (Å²) in [5.74, 6) is 3.46. The predicted molar refractivity (Wildman–Crippen MR) is 471 cm³/mol. The number of benzene rings is 10. The molecular formula is C94H102N24O4+6. The van der Waals surface area contributed by atoms with Crippen molar-refractivity contribution in [3.05, 3.63) is 230 Å². The lowest BCUT2D eigenvalue weighted by Gasteiger charge is -2.37. The van der Waals surface area contributed by atoms with Gasteiger partial charge < -0.3 is 41.7 Å². The normalized spacial score (nSPS) is 14.1. The van der Waals surface area contributed by atoms with Crippen molar-refractivity contribution in [2.75, 3.05) is 47.4 Å². The lowest BCUT2D eigenvalue weighted by Crippen LogP contribution is -2.34. The van der Waals surface area contributed by atoms with E-state index in [1.54, 1.807) is 12.1 Å². The smallest absolute Gasteiger partial charge is 0.422 e. The molecule has 0 saturated heterocycles. The highest BCUT2D eigenvalue weighted by Crippen LogP contribution is 2.48. The molecule has 0 saturated carbocycles. The highest BCUT2D eigenvalue weighted by Gasteiger charge is 2.33. The number of azo groups is 4. The van der Waals surface area contributed by atoms with Gasteiger partial charge in [-0.2, -0.15) is 0 Å². The monoisotopic (exact) mass is 1630 g/mol. The quantitative estimate of drug-likeness (QED) is 0.0146. The predicted octanol–water partition coefficient (Wildman–Crippen LogP) is 16.4. The lowest BCUT2D eigenvalue weighted by atomic mass is 9.90. The van der Waals surface area contributed by atoms with Crippen molar-refractivity contribution in [2.24, 2.45) is 69.1 Å². The molecule has 16 aromatic rings. The fraction of sp³-hybridized carbons (Fsp3) is 0.298. The number of para-hydroxylation sites is 8. The summed E-state index contributed by atoms with van der Waals surface area (Å²) in [5, 5.41) is 84.9. The average molecular weight is 1630 g/mol. The van der Waals surface area contributed by atoms with Gasteiger partial charge in [-0.3, -0.25) is 0 Å². The molecule has 0 bridgehead atoms. The Kier molecular flexibility index (Phi) is 21.1. The number of anilines is 4. The Labute approximate surface area is 704 Å². The van der Waals surface area contributed by atoms with Crippen molar-refractivity contribution >= 4 is 135 Å². The fourth-order valence-electron chi connectivity index (χ4n) is 19.0. The molecule has 0 aliphatic carbocycles. The Morgan fingerprint density at radius 2 is 0.656 bits per heavy atom. The Bertz CT molecular complexity index is 6470. The summed E-state index contributed by atoms with van der Waals surface area (Å²) in [7, 11) is 8.08. The SMILES string of the molecule is C[n+]1c(N=Nc2cc(O)c(N)c3ccccc23)n(CCCn2cc[n+](CCCn3c(N=Nc4cc(O)c(N)c5ccccc45)[n+](C)c4ccccc43)c2)c2ccccc21.C[n+]1c(N=Nc2cc3c4c(c2O)CCCN4CCC3)n(CCCn2cc[n+](CCCn3c(N=Nc4cc5c6c(c4O)CCCN6CCC5)[n+](C)c4ccccc43)c2)c2ccccc21. The third-order valence-corrected chi connectivity index (χ3v) is 25.0. The number of aryl methyl sites for hydroxylation is 14. The first-order valence-electron chi connectivity index (χ1n) is 42.6. The van der Waals surface area contributed by atoms with Gasteiger partial charge in [0.25, 0.3) is 0 Å². The van der Waals surface area contributed by atoms with Crippen molar-refractivity contribution < 1.29 is 47.8 Å². The number of hydrogen-bond acceptors (Lipinski definition) is 16. The number of imidazole rings is 6. The van der Waals surface area contributed by atoms with Crippen LogP contribution in [0.15, 0.2) is 248 Å². The number of hydrogen-bond donors (Lipinski definition) is 6. The zero-order chi connectivity index (χ0) is 83.2. The second-order valence-electron chi connectivity index (χ2n) is 32.6. The molecule has 4 aliphatic rings. The van der Waals surface area contributed by atoms with Crippen LogP contribution in [0, 0.1) is 0 Å². The summed E-state index contributed by atoms with van der Waals surface area (Å²) in [6, 6.07) is 55.8. The van der Waals surface area contributed by atoms with Crippen LogP contribution >= 0.6 is 0 Å². The van der Waals surface area contributed by atoms with Gasteiger partial charge in [-0.05, 0) is 123 Å². The van der Waals surface area contributed by atoms with Crippen molar-refractivity contribution in [3.8, 4) is 23.0 Å². The summed E-state index contributed by atoms with van der Waals surface area (Å²) in [5.41, 5.74) is 31.0. The second kappa shape index (κ2) is 33.2. The Hall–Kier alpha value is -14.2. The van der Waals surface area contributed by atoms with Crippen LogP contribution in [0.1, 0.15) is 73.6 Å². The fourth-order valence-corrected chi connectivity index (χ4v) is 19.0. The van der Waals surface area contributed by atoms with E-state index in [4.69, 9.17) is 42.2 Å². The van der Waals surface area contributed by atoms with Crippen molar-refractivity contribution in [1.82, 2.24) is 27.4 Å². The number of nitrogen functional groups attached to an aromatic ring is 2. The van der Waals surface area contributed by atoms with Gasteiger partial charge >= 0.3 is 23.8 Å². The number of fused-ring (bicyclic) bond motifs is 6. The molecule has 8 N–H and O–H groups in total. The minimum Gasteiger partial charge on any atom is -0.506 e. The third kappa shape index (κ3) is 14.6. The maximum atomic E-state index is 11.4. The van der Waals surface area contributed by atoms with Crippen LogP contribution in [-0.2, 0) is 106 Å². The van der Waals surface area contributed by atoms with E-state index in [9.17, 15) is 20.4 Å². The summed E-state index contributed by atoms with van der Waals surface area (Å²) < 4.78 is 26.2. The van der Waals surface area contributed by atoms with Gasteiger partial charge in [0.05, 0.1) is 91.9 Å². The molecule has 122 heavy (non-hydrogen) atoms. The average Bonchev–Trinajstić information content (AvgIpc) is 1.39. The van der Waals surface area contributed by atoms with Crippen LogP contribution in [0.3, 0.4) is 0 Å². The minimum absolute atomic E-state index is 0.0167. The van der Waals surface area contributed by atoms with Gasteiger partial charge in [0, 0.05) is 128 Å². The molecule has 0 atom stereocenters. The minimum atomic E-state index is -0.0167. The first-order valence-corrected chi connectivity index (χ1v) is 42.6. The van der Waals surface area contributed by atoms with Crippen LogP contribution in [-0.4, -0.2) is 74.0 Å². The first kappa shape index (κ1) is 77.7. The number of aromatic nitrogens is 12. The van der Waals surface area contributed by atoms with E-state index < -0.39 is 0 Å². The molecule has 0 radical (unpaired) electrons. The van der Waals surface area contributed by atoms with E-state index in [0.29, 0.717) is 46.0 Å². The van der Waals surface area contributed by atoms with E-state index in [-0.39, 0.29) is 23.0 Å². The Balaban J connectivity index is 0.000000161. The molecule has 28 heteroatoms. The number of aromatic hydroxyl groups is 4. The molecule has 0 unspecified atom stereocenters. The van der Waals surface area contributed by atoms with E-state index in [2.05, 4.69) is 188 Å². The number of nitrogens with two attached hydrogens (primary N) is 2. The summed E-state index contributed by atoms with van der Waals surface area (Å²) in [4.78, 5) is 4.87. The molecule has 4 aliphatic heterocycles. The molecule has 10 heterocycles. The van der Waals surface area contributed by atoms with Gasteiger partial charge in [-0.25, -0.2) is 54.8 Å². The molecule has 10 aromatic carbocycles. The van der Waals surface area contributed by atoms with E-state index in [1.165, 1.54) is 22.5 Å². The number of phenolic OH excluding ortho intramolecular Hbond substituents is 4. The third-order valence-electron chi connectivity index (χ3n) is 25.0. The molecule has 0 fully saturated rings. The van der Waals surface area contributed by atoms with Gasteiger partial charge in [-0.15, -0.1) is 0 Å². The first-order chi connectivity index (χ1) is 59.7. The van der Waals surface area contributed by atoms with Crippen LogP contribution in [0.2, 0.25) is 0 Å². The topological polar surface area (TPSA) is 291 Å². The summed E-state index contributed by atoms with van der Waals surface area (Å²) in [6.45, 7) is 10.5. The Morgan fingerprint density at radius 3 is 1.02 bits per heavy atom. The largest absolute Gasteiger partial charge is 0.506 e. The van der Waals surface area contributed by atoms with Crippen LogP contribution in [0.25, 0.3) is 65.7 Å². The maximum absolute atomic E-state index is 11.4. The standard InChI is InChI=1S/C49H55N12O2.C45H42N12O2/c1-54-40-17-3-5-19-42(40)60(48(54)52-50-38-31-34-13-7-23-58-25-9-15-36(44(34)58)46(38)62)27-11-21-56-29-30-57(33-56)22-12-28-61-43-20-6-4-18-41(43)55(2)49(61)53-51-39-32-35-14-8-24-59-26-10-16-37(45(35)59)47(39)63;1-52-36-17-7-9-19-38(36)56(44(52)50-48-34-27-40(58)42(46)32-15-5-3-13-30(32)34)23-11-21-54-25-26-55(29-54)22-12-24-57-39-20-10-8-18-37(39)53(2)45(57)51-49-35-28-41(59)43(47)33-16-6-4-14-31(33)35/h3-6,17-20,29-33H,7-16,21-28H2,1-2H3;3-10,13-20,25-29,46-47H,11-12,21-24H2,1-2H3,(H-,48,49,58,59)/q+1;/p+5. The van der Waals surface area contributed by atoms with Crippen molar-refractivity contribution in [2.45, 2.75) is 129 Å². The molecule has 616 valence electrons. The summed E-state index contributed by atoms with van der Waals surface area (Å²) >= 11 is 0. The molecule has 28 nitrogen and oxygen atoms in total. The lowest BCUT2D eigenvalue weighted by molar-refractivity contribution is -0.697. The van der Waals surface area contributed by atoms with Crippen LogP contribution < -0.4 is 48.7 Å². The highest BCUT2D eigenvalue weighted by atomic mass is 16.3. The van der Waals surface area contributed by atoms with Crippen LogP contribution in [0.5, 0.6) is 23.0 Å². The highest BCUT2D eigenvalue weighted by molar-refractivity contribution is 6.03. The molecule has 20 rings (SSSR count).